The standard InChI is InChI=1S/C24H29N7O2/c1-16-13-30(31-15-23-21(27-31)6-7-24(33)28(23)3)19(8-11-32)14-29(16)17(2)18-4-5-20-22(12-18)26-10-9-25-20/h4-7,9-10,12,15-17,19,32H,8,11,13-14H2,1-3H3/t16-,17?,19+/m1/s1. The molecule has 1 N–H and O–H groups in total. The van der Waals surface area contributed by atoms with E-state index >= 15 is 0 Å². The average molecular weight is 448 g/mol. The predicted octanol–water partition coefficient (Wildman–Crippen LogP) is 1.83. The molecule has 3 aromatic heterocycles. The van der Waals surface area contributed by atoms with E-state index in [9.17, 15) is 9.90 Å². The smallest absolute Gasteiger partial charge is 0.250 e. The molecule has 1 aliphatic rings. The molecule has 0 aliphatic carbocycles. The highest BCUT2D eigenvalue weighted by atomic mass is 16.3. The van der Waals surface area contributed by atoms with Crippen molar-refractivity contribution in [3.63, 3.8) is 0 Å². The molecule has 1 saturated heterocycles. The Hall–Kier alpha value is -3.30. The fourth-order valence-corrected chi connectivity index (χ4v) is 4.91. The van der Waals surface area contributed by atoms with Gasteiger partial charge >= 0.3 is 0 Å². The Bertz CT molecular complexity index is 1350. The summed E-state index contributed by atoms with van der Waals surface area (Å²) >= 11 is 0. The van der Waals surface area contributed by atoms with Crippen LogP contribution in [0.4, 0.5) is 0 Å². The fourth-order valence-electron chi connectivity index (χ4n) is 4.91. The second-order valence-corrected chi connectivity index (χ2v) is 8.86. The third kappa shape index (κ3) is 3.87. The number of piperazine rings is 1. The quantitative estimate of drug-likeness (QED) is 0.499. The molecule has 4 aromatic rings. The van der Waals surface area contributed by atoms with E-state index in [-0.39, 0.29) is 30.3 Å². The molecule has 5 rings (SSSR count). The van der Waals surface area contributed by atoms with Gasteiger partial charge in [-0.15, -0.1) is 0 Å². The van der Waals surface area contributed by atoms with Crippen molar-refractivity contribution in [3.8, 4) is 0 Å². The maximum atomic E-state index is 12.0. The van der Waals surface area contributed by atoms with E-state index in [2.05, 4.69) is 45.9 Å². The molecule has 0 bridgehead atoms. The lowest BCUT2D eigenvalue weighted by Gasteiger charge is -2.48. The van der Waals surface area contributed by atoms with Crippen molar-refractivity contribution in [1.82, 2.24) is 29.3 Å². The number of rotatable bonds is 5. The van der Waals surface area contributed by atoms with E-state index in [1.54, 1.807) is 36.1 Å². The Balaban J connectivity index is 1.44. The van der Waals surface area contributed by atoms with E-state index in [1.807, 2.05) is 17.1 Å². The second-order valence-electron chi connectivity index (χ2n) is 8.86. The molecule has 9 nitrogen and oxygen atoms in total. The van der Waals surface area contributed by atoms with E-state index in [0.717, 1.165) is 35.2 Å². The number of aliphatic hydroxyl groups excluding tert-OH is 1. The molecule has 1 fully saturated rings. The monoisotopic (exact) mass is 447 g/mol. The normalized spacial score (nSPS) is 20.5. The van der Waals surface area contributed by atoms with Gasteiger partial charge in [0.1, 0.15) is 5.52 Å². The largest absolute Gasteiger partial charge is 0.396 e. The Morgan fingerprint density at radius 1 is 1.09 bits per heavy atom. The van der Waals surface area contributed by atoms with Gasteiger partial charge in [0.05, 0.1) is 35.3 Å². The maximum absolute atomic E-state index is 12.0. The van der Waals surface area contributed by atoms with E-state index < -0.39 is 0 Å². The summed E-state index contributed by atoms with van der Waals surface area (Å²) < 4.78 is 1.62. The van der Waals surface area contributed by atoms with Gasteiger partial charge in [0, 0.05) is 50.7 Å². The molecular weight excluding hydrogens is 418 g/mol. The van der Waals surface area contributed by atoms with Gasteiger partial charge in [-0.05, 0) is 44.0 Å². The summed E-state index contributed by atoms with van der Waals surface area (Å²) in [6.45, 7) is 6.08. The summed E-state index contributed by atoms with van der Waals surface area (Å²) in [6.07, 6.45) is 5.98. The van der Waals surface area contributed by atoms with Gasteiger partial charge in [-0.1, -0.05) is 6.07 Å². The fraction of sp³-hybridized carbons (Fsp3) is 0.417. The van der Waals surface area contributed by atoms with Gasteiger partial charge in [-0.25, -0.2) is 0 Å². The van der Waals surface area contributed by atoms with Crippen molar-refractivity contribution in [2.24, 2.45) is 7.05 Å². The van der Waals surface area contributed by atoms with E-state index in [1.165, 1.54) is 5.56 Å². The number of pyridine rings is 1. The molecule has 1 aliphatic heterocycles. The van der Waals surface area contributed by atoms with Crippen LogP contribution in [-0.4, -0.2) is 66.2 Å². The summed E-state index contributed by atoms with van der Waals surface area (Å²) in [5, 5.41) is 16.7. The van der Waals surface area contributed by atoms with Crippen molar-refractivity contribution in [3.05, 3.63) is 64.8 Å². The summed E-state index contributed by atoms with van der Waals surface area (Å²) in [5.41, 5.74) is 4.51. The van der Waals surface area contributed by atoms with Crippen molar-refractivity contribution in [1.29, 1.82) is 0 Å². The first kappa shape index (κ1) is 21.5. The molecule has 172 valence electrons. The van der Waals surface area contributed by atoms with Crippen LogP contribution in [0.2, 0.25) is 0 Å². The van der Waals surface area contributed by atoms with Gasteiger partial charge in [-0.2, -0.15) is 9.89 Å². The summed E-state index contributed by atoms with van der Waals surface area (Å²) in [4.78, 5) is 25.2. The lowest BCUT2D eigenvalue weighted by atomic mass is 9.99. The predicted molar refractivity (Wildman–Crippen MR) is 128 cm³/mol. The van der Waals surface area contributed by atoms with Crippen LogP contribution >= 0.6 is 0 Å². The Kier molecular flexibility index (Phi) is 5.59. The maximum Gasteiger partial charge on any atom is 0.250 e. The van der Waals surface area contributed by atoms with Crippen LogP contribution in [0, 0.1) is 0 Å². The summed E-state index contributed by atoms with van der Waals surface area (Å²) in [7, 11) is 1.76. The third-order valence-corrected chi connectivity index (χ3v) is 6.85. The number of aliphatic hydroxyl groups is 1. The first-order valence-electron chi connectivity index (χ1n) is 11.4. The topological polar surface area (TPSA) is 92.3 Å². The highest BCUT2D eigenvalue weighted by molar-refractivity contribution is 5.75. The lowest BCUT2D eigenvalue weighted by Crippen LogP contribution is -2.61. The third-order valence-electron chi connectivity index (χ3n) is 6.85. The number of aromatic nitrogens is 5. The summed E-state index contributed by atoms with van der Waals surface area (Å²) in [5.74, 6) is 0. The van der Waals surface area contributed by atoms with E-state index in [0.29, 0.717) is 6.42 Å². The van der Waals surface area contributed by atoms with Crippen molar-refractivity contribution in [2.75, 3.05) is 24.7 Å². The first-order valence-corrected chi connectivity index (χ1v) is 11.4. The van der Waals surface area contributed by atoms with Gasteiger partial charge in [0.25, 0.3) is 5.56 Å². The molecule has 0 radical (unpaired) electrons. The van der Waals surface area contributed by atoms with Gasteiger partial charge in [0.15, 0.2) is 0 Å². The van der Waals surface area contributed by atoms with Gasteiger partial charge in [0.2, 0.25) is 0 Å². The minimum atomic E-state index is -0.0546. The lowest BCUT2D eigenvalue weighted by molar-refractivity contribution is 0.0898. The minimum absolute atomic E-state index is 0.0546. The molecule has 0 saturated carbocycles. The molecule has 0 spiro atoms. The Morgan fingerprint density at radius 2 is 1.85 bits per heavy atom. The van der Waals surface area contributed by atoms with Crippen LogP contribution in [0.1, 0.15) is 31.9 Å². The van der Waals surface area contributed by atoms with Crippen LogP contribution in [-0.2, 0) is 7.05 Å². The molecule has 1 unspecified atom stereocenters. The zero-order valence-corrected chi connectivity index (χ0v) is 19.2. The van der Waals surface area contributed by atoms with Crippen molar-refractivity contribution < 1.29 is 5.11 Å². The number of hydrogen-bond acceptors (Lipinski definition) is 7. The van der Waals surface area contributed by atoms with Crippen molar-refractivity contribution in [2.45, 2.75) is 38.4 Å². The Labute approximate surface area is 191 Å². The number of aryl methyl sites for hydroxylation is 1. The number of benzene rings is 1. The Morgan fingerprint density at radius 3 is 2.64 bits per heavy atom. The van der Waals surface area contributed by atoms with Crippen LogP contribution in [0.15, 0.2) is 53.7 Å². The van der Waals surface area contributed by atoms with Crippen LogP contribution < -0.4 is 10.6 Å². The molecule has 4 heterocycles. The number of hydrogen-bond donors (Lipinski definition) is 1. The first-order chi connectivity index (χ1) is 16.0. The van der Waals surface area contributed by atoms with Crippen molar-refractivity contribution >= 4 is 22.1 Å². The number of fused-ring (bicyclic) bond motifs is 2. The molecular formula is C24H29N7O2. The number of nitrogens with zero attached hydrogens (tertiary/aromatic N) is 7. The molecule has 9 heteroatoms. The van der Waals surface area contributed by atoms with Gasteiger partial charge in [-0.3, -0.25) is 24.7 Å². The molecule has 1 aromatic carbocycles. The van der Waals surface area contributed by atoms with Crippen LogP contribution in [0.5, 0.6) is 0 Å². The zero-order chi connectivity index (χ0) is 23.1. The highest BCUT2D eigenvalue weighted by Crippen LogP contribution is 2.29. The van der Waals surface area contributed by atoms with E-state index in [4.69, 9.17) is 5.10 Å². The SMILES string of the molecule is CC(c1ccc2nccnc2c1)N1C[C@H](CCO)N(n2cc3c(ccc(=O)n3C)n2)C[C@H]1C. The highest BCUT2D eigenvalue weighted by Gasteiger charge is 2.35. The average Bonchev–Trinajstić information content (AvgIpc) is 3.27. The molecule has 3 atom stereocenters. The molecule has 33 heavy (non-hydrogen) atoms. The summed E-state index contributed by atoms with van der Waals surface area (Å²) in [6, 6.07) is 10.1. The van der Waals surface area contributed by atoms with Gasteiger partial charge < -0.3 is 9.67 Å². The zero-order valence-electron chi connectivity index (χ0n) is 19.2. The minimum Gasteiger partial charge on any atom is -0.396 e. The molecule has 0 amide bonds. The van der Waals surface area contributed by atoms with Crippen LogP contribution in [0.3, 0.4) is 0 Å². The van der Waals surface area contributed by atoms with Crippen LogP contribution in [0.25, 0.3) is 22.1 Å². The second kappa shape index (κ2) is 8.57.